The largest absolute Gasteiger partial charge is 0.389 e. The molecule has 4 aliphatic rings. The third-order valence-corrected chi connectivity index (χ3v) is 10.4. The zero-order chi connectivity index (χ0) is 21.9. The lowest BCUT2D eigenvalue weighted by Gasteiger charge is -2.61. The first-order valence-electron chi connectivity index (χ1n) is 12.7. The third kappa shape index (κ3) is 3.60. The summed E-state index contributed by atoms with van der Waals surface area (Å²) >= 11 is 0. The molecule has 5 rings (SSSR count). The Balaban J connectivity index is 1.27. The topological polar surface area (TPSA) is 40.5 Å². The van der Waals surface area contributed by atoms with Gasteiger partial charge in [-0.25, -0.2) is 0 Å². The zero-order valence-corrected chi connectivity index (χ0v) is 19.8. The van der Waals surface area contributed by atoms with Gasteiger partial charge in [-0.15, -0.1) is 0 Å². The number of fused-ring (bicyclic) bond motifs is 5. The number of likely N-dealkylation sites (N-methyl/N-ethyl adjacent to an activating group) is 1. The van der Waals surface area contributed by atoms with Crippen LogP contribution in [-0.2, 0) is 11.3 Å². The van der Waals surface area contributed by atoms with E-state index in [1.165, 1.54) is 24.8 Å². The fourth-order valence-electron chi connectivity index (χ4n) is 8.69. The highest BCUT2D eigenvalue weighted by Gasteiger charge is 2.61. The fraction of sp³-hybridized carbons (Fsp3) is 0.750. The molecule has 31 heavy (non-hydrogen) atoms. The molecule has 0 aliphatic heterocycles. The number of carbonyl (C=O) groups excluding carboxylic acids is 1. The van der Waals surface area contributed by atoms with Gasteiger partial charge < -0.3 is 5.11 Å². The summed E-state index contributed by atoms with van der Waals surface area (Å²) in [5.74, 6) is 3.27. The van der Waals surface area contributed by atoms with Crippen molar-refractivity contribution in [1.82, 2.24) is 4.90 Å². The van der Waals surface area contributed by atoms with Crippen LogP contribution in [0.2, 0.25) is 0 Å². The van der Waals surface area contributed by atoms with Crippen molar-refractivity contribution in [2.75, 3.05) is 13.6 Å². The van der Waals surface area contributed by atoms with Crippen LogP contribution >= 0.6 is 0 Å². The van der Waals surface area contributed by atoms with Crippen LogP contribution in [0, 0.1) is 34.5 Å². The van der Waals surface area contributed by atoms with Crippen molar-refractivity contribution in [3.05, 3.63) is 35.9 Å². The Bertz CT molecular complexity index is 824. The summed E-state index contributed by atoms with van der Waals surface area (Å²) in [5, 5.41) is 11.6. The van der Waals surface area contributed by atoms with Gasteiger partial charge >= 0.3 is 0 Å². The second-order valence-electron chi connectivity index (χ2n) is 12.2. The number of aliphatic hydroxyl groups is 1. The lowest BCUT2D eigenvalue weighted by Crippen LogP contribution is -2.57. The lowest BCUT2D eigenvalue weighted by atomic mass is 9.44. The van der Waals surface area contributed by atoms with Gasteiger partial charge in [0.05, 0.1) is 5.60 Å². The minimum Gasteiger partial charge on any atom is -0.389 e. The van der Waals surface area contributed by atoms with Crippen LogP contribution in [0.1, 0.15) is 77.2 Å². The highest BCUT2D eigenvalue weighted by molar-refractivity contribution is 5.87. The minimum absolute atomic E-state index is 0.0279. The molecule has 3 nitrogen and oxygen atoms in total. The number of benzene rings is 1. The van der Waals surface area contributed by atoms with Gasteiger partial charge in [0.15, 0.2) is 0 Å². The van der Waals surface area contributed by atoms with Gasteiger partial charge in [0, 0.05) is 24.9 Å². The highest BCUT2D eigenvalue weighted by atomic mass is 16.3. The zero-order valence-electron chi connectivity index (χ0n) is 19.8. The molecule has 0 heterocycles. The predicted octanol–water partition coefficient (Wildman–Crippen LogP) is 5.46. The molecule has 4 aliphatic carbocycles. The number of nitrogens with zero attached hydrogens (tertiary/aromatic N) is 1. The van der Waals surface area contributed by atoms with Crippen molar-refractivity contribution in [2.24, 2.45) is 34.5 Å². The van der Waals surface area contributed by atoms with Crippen molar-refractivity contribution < 1.29 is 9.90 Å². The Hall–Kier alpha value is -1.19. The molecule has 0 bridgehead atoms. The molecule has 1 aromatic carbocycles. The molecule has 1 aromatic rings. The van der Waals surface area contributed by atoms with Crippen molar-refractivity contribution in [2.45, 2.75) is 83.8 Å². The Morgan fingerprint density at radius 3 is 2.55 bits per heavy atom. The summed E-state index contributed by atoms with van der Waals surface area (Å²) in [6, 6.07) is 10.6. The van der Waals surface area contributed by atoms with Crippen LogP contribution in [0.5, 0.6) is 0 Å². The minimum atomic E-state index is -0.562. The first-order chi connectivity index (χ1) is 14.7. The maximum Gasteiger partial charge on any atom is 0.139 e. The molecule has 1 N–H and O–H groups in total. The van der Waals surface area contributed by atoms with E-state index >= 15 is 0 Å². The van der Waals surface area contributed by atoms with Gasteiger partial charge in [-0.2, -0.15) is 0 Å². The highest BCUT2D eigenvalue weighted by Crippen LogP contribution is 2.66. The molecule has 2 unspecified atom stereocenters. The number of hydrogen-bond donors (Lipinski definition) is 1. The van der Waals surface area contributed by atoms with Crippen LogP contribution in [0.4, 0.5) is 0 Å². The third-order valence-electron chi connectivity index (χ3n) is 10.4. The summed E-state index contributed by atoms with van der Waals surface area (Å²) in [7, 11) is 2.15. The number of hydrogen-bond acceptors (Lipinski definition) is 3. The van der Waals surface area contributed by atoms with E-state index in [4.69, 9.17) is 0 Å². The molecule has 7 atom stereocenters. The Morgan fingerprint density at radius 2 is 1.77 bits per heavy atom. The van der Waals surface area contributed by atoms with Crippen molar-refractivity contribution in [3.63, 3.8) is 0 Å². The van der Waals surface area contributed by atoms with Gasteiger partial charge in [-0.05, 0) is 93.1 Å². The molecule has 170 valence electrons. The van der Waals surface area contributed by atoms with Crippen LogP contribution in [-0.4, -0.2) is 35.0 Å². The smallest absolute Gasteiger partial charge is 0.139 e. The van der Waals surface area contributed by atoms with E-state index in [0.29, 0.717) is 23.0 Å². The SMILES string of the molecule is CN(Cc1ccccc1)CC1(O)CC[C@@]2(C)C(CC[C@@H]3[C@H]2CC[C@]2(C)C(=O)CC[C@@H]32)C1. The summed E-state index contributed by atoms with van der Waals surface area (Å²) in [6.45, 7) is 6.48. The van der Waals surface area contributed by atoms with Crippen molar-refractivity contribution in [1.29, 1.82) is 0 Å². The van der Waals surface area contributed by atoms with Gasteiger partial charge in [0.25, 0.3) is 0 Å². The normalized spacial score (nSPS) is 44.6. The molecule has 0 radical (unpaired) electrons. The second-order valence-corrected chi connectivity index (χ2v) is 12.2. The maximum atomic E-state index is 12.6. The fourth-order valence-corrected chi connectivity index (χ4v) is 8.69. The Labute approximate surface area is 188 Å². The van der Waals surface area contributed by atoms with E-state index in [1.807, 2.05) is 0 Å². The first kappa shape index (κ1) is 21.6. The van der Waals surface area contributed by atoms with Crippen molar-refractivity contribution in [3.8, 4) is 0 Å². The molecule has 0 spiro atoms. The average Bonchev–Trinajstić information content (AvgIpc) is 3.04. The van der Waals surface area contributed by atoms with Crippen LogP contribution in [0.3, 0.4) is 0 Å². The molecule has 0 amide bonds. The van der Waals surface area contributed by atoms with Crippen molar-refractivity contribution >= 4 is 5.78 Å². The van der Waals surface area contributed by atoms with E-state index in [-0.39, 0.29) is 5.41 Å². The number of Topliss-reactive ketones (excluding diaryl/α,β-unsaturated/α-hetero) is 1. The Kier molecular flexibility index (Phi) is 5.37. The van der Waals surface area contributed by atoms with E-state index in [2.05, 4.69) is 56.1 Å². The van der Waals surface area contributed by atoms with Crippen LogP contribution in [0.15, 0.2) is 30.3 Å². The summed E-state index contributed by atoms with van der Waals surface area (Å²) in [5.41, 5.74) is 1.07. The Morgan fingerprint density at radius 1 is 1.00 bits per heavy atom. The molecule has 0 aromatic heterocycles. The van der Waals surface area contributed by atoms with Crippen LogP contribution < -0.4 is 0 Å². The predicted molar refractivity (Wildman–Crippen MR) is 124 cm³/mol. The number of rotatable bonds is 4. The van der Waals surface area contributed by atoms with E-state index < -0.39 is 5.60 Å². The average molecular weight is 424 g/mol. The van der Waals surface area contributed by atoms with Gasteiger partial charge in [0.2, 0.25) is 0 Å². The quantitative estimate of drug-likeness (QED) is 0.699. The number of ketones is 1. The van der Waals surface area contributed by atoms with Gasteiger partial charge in [0.1, 0.15) is 5.78 Å². The maximum absolute atomic E-state index is 12.6. The van der Waals surface area contributed by atoms with Crippen LogP contribution in [0.25, 0.3) is 0 Å². The number of carbonyl (C=O) groups is 1. The molecule has 3 heteroatoms. The van der Waals surface area contributed by atoms with Gasteiger partial charge in [-0.3, -0.25) is 9.69 Å². The van der Waals surface area contributed by atoms with E-state index in [0.717, 1.165) is 63.5 Å². The molecule has 4 fully saturated rings. The monoisotopic (exact) mass is 423 g/mol. The molecular weight excluding hydrogens is 382 g/mol. The summed E-state index contributed by atoms with van der Waals surface area (Å²) in [4.78, 5) is 15.0. The van der Waals surface area contributed by atoms with Gasteiger partial charge in [-0.1, -0.05) is 44.2 Å². The second kappa shape index (κ2) is 7.70. The summed E-state index contributed by atoms with van der Waals surface area (Å²) in [6.07, 6.45) is 9.80. The lowest BCUT2D eigenvalue weighted by molar-refractivity contribution is -0.156. The molecule has 0 saturated heterocycles. The van der Waals surface area contributed by atoms with E-state index in [1.54, 1.807) is 0 Å². The standard InChI is InChI=1S/C28H41NO2/c1-26-15-16-28(31,19-29(3)18-20-7-5-4-6-8-20)17-21(26)9-10-22-23-11-12-25(30)27(23,2)14-13-24(22)26/h4-8,21-24,31H,9-19H2,1-3H3/t21?,22-,23-,24+,26-,27-,28?/m0/s1. The first-order valence-corrected chi connectivity index (χ1v) is 12.7. The molecular formula is C28H41NO2. The molecule has 4 saturated carbocycles. The summed E-state index contributed by atoms with van der Waals surface area (Å²) < 4.78 is 0. The van der Waals surface area contributed by atoms with E-state index in [9.17, 15) is 9.90 Å².